The van der Waals surface area contributed by atoms with Gasteiger partial charge in [0.25, 0.3) is 0 Å². The number of aryl methyl sites for hydroxylation is 1. The van der Waals surface area contributed by atoms with Gasteiger partial charge < -0.3 is 14.6 Å². The van der Waals surface area contributed by atoms with E-state index >= 15 is 0 Å². The molecular weight excluding hydrogens is 338 g/mol. The Kier molecular flexibility index (Phi) is 6.75. The molecule has 0 aliphatic carbocycles. The van der Waals surface area contributed by atoms with E-state index in [1.807, 2.05) is 12.1 Å². The Morgan fingerprint density at radius 1 is 1.07 bits per heavy atom. The van der Waals surface area contributed by atoms with E-state index in [0.717, 1.165) is 62.4 Å². The van der Waals surface area contributed by atoms with Crippen LogP contribution in [0.1, 0.15) is 30.4 Å². The number of aliphatic hydroxyl groups excluding tert-OH is 1. The molecule has 1 aliphatic heterocycles. The van der Waals surface area contributed by atoms with Gasteiger partial charge in [-0.15, -0.1) is 0 Å². The van der Waals surface area contributed by atoms with Crippen molar-refractivity contribution in [1.82, 2.24) is 4.90 Å². The van der Waals surface area contributed by atoms with Crippen LogP contribution in [0.3, 0.4) is 0 Å². The molecular formula is C23H31NO3. The van der Waals surface area contributed by atoms with Gasteiger partial charge >= 0.3 is 0 Å². The van der Waals surface area contributed by atoms with Crippen LogP contribution >= 0.6 is 0 Å². The van der Waals surface area contributed by atoms with Gasteiger partial charge in [0.05, 0.1) is 14.2 Å². The molecule has 1 atom stereocenters. The highest BCUT2D eigenvalue weighted by Crippen LogP contribution is 2.36. The lowest BCUT2D eigenvalue weighted by Gasteiger charge is -2.42. The first kappa shape index (κ1) is 19.7. The number of likely N-dealkylation sites (tertiary alicyclic amines) is 1. The maximum absolute atomic E-state index is 10.2. The van der Waals surface area contributed by atoms with E-state index in [0.29, 0.717) is 0 Å². The SMILES string of the molecule is COc1ccc(CN2CCC[C@@](CO)(CCc3ccccc3)C2)c(OC)c1. The Labute approximate surface area is 162 Å². The summed E-state index contributed by atoms with van der Waals surface area (Å²) in [6.45, 7) is 3.06. The fourth-order valence-electron chi connectivity index (χ4n) is 4.13. The summed E-state index contributed by atoms with van der Waals surface area (Å²) in [6, 6.07) is 16.6. The average molecular weight is 370 g/mol. The van der Waals surface area contributed by atoms with Crippen LogP contribution in [0.15, 0.2) is 48.5 Å². The third kappa shape index (κ3) is 5.02. The minimum absolute atomic E-state index is 0.0200. The number of ether oxygens (including phenoxy) is 2. The summed E-state index contributed by atoms with van der Waals surface area (Å²) < 4.78 is 10.9. The van der Waals surface area contributed by atoms with Gasteiger partial charge in [0.1, 0.15) is 11.5 Å². The normalized spacial score (nSPS) is 20.4. The monoisotopic (exact) mass is 369 g/mol. The minimum atomic E-state index is -0.0200. The smallest absolute Gasteiger partial charge is 0.127 e. The number of hydrogen-bond donors (Lipinski definition) is 1. The van der Waals surface area contributed by atoms with Gasteiger partial charge in [-0.2, -0.15) is 0 Å². The molecule has 2 aromatic carbocycles. The van der Waals surface area contributed by atoms with E-state index in [2.05, 4.69) is 41.3 Å². The maximum Gasteiger partial charge on any atom is 0.127 e. The van der Waals surface area contributed by atoms with Gasteiger partial charge in [0, 0.05) is 36.7 Å². The topological polar surface area (TPSA) is 41.9 Å². The molecule has 0 amide bonds. The number of benzene rings is 2. The Bertz CT molecular complexity index is 719. The van der Waals surface area contributed by atoms with Gasteiger partial charge in [-0.1, -0.05) is 36.4 Å². The summed E-state index contributed by atoms with van der Waals surface area (Å²) in [4.78, 5) is 2.45. The van der Waals surface area contributed by atoms with Crippen LogP contribution in [-0.2, 0) is 13.0 Å². The van der Waals surface area contributed by atoms with Gasteiger partial charge in [0.2, 0.25) is 0 Å². The second kappa shape index (κ2) is 9.25. The van der Waals surface area contributed by atoms with Crippen molar-refractivity contribution in [3.05, 3.63) is 59.7 Å². The van der Waals surface area contributed by atoms with Crippen molar-refractivity contribution < 1.29 is 14.6 Å². The van der Waals surface area contributed by atoms with Crippen LogP contribution in [0.25, 0.3) is 0 Å². The lowest BCUT2D eigenvalue weighted by atomic mass is 9.76. The van der Waals surface area contributed by atoms with Crippen molar-refractivity contribution in [2.75, 3.05) is 33.9 Å². The zero-order valence-corrected chi connectivity index (χ0v) is 16.5. The predicted octanol–water partition coefficient (Wildman–Crippen LogP) is 3.91. The molecule has 1 N–H and O–H groups in total. The van der Waals surface area contributed by atoms with E-state index in [9.17, 15) is 5.11 Å². The first-order chi connectivity index (χ1) is 13.2. The molecule has 0 bridgehead atoms. The van der Waals surface area contributed by atoms with Crippen LogP contribution in [0.4, 0.5) is 0 Å². The predicted molar refractivity (Wildman–Crippen MR) is 108 cm³/mol. The van der Waals surface area contributed by atoms with E-state index in [1.165, 1.54) is 5.56 Å². The third-order valence-electron chi connectivity index (χ3n) is 5.75. The number of aliphatic hydroxyl groups is 1. The Morgan fingerprint density at radius 3 is 2.59 bits per heavy atom. The van der Waals surface area contributed by atoms with Crippen LogP contribution in [0.5, 0.6) is 11.5 Å². The van der Waals surface area contributed by atoms with Gasteiger partial charge in [-0.05, 0) is 43.9 Å². The van der Waals surface area contributed by atoms with E-state index in [4.69, 9.17) is 9.47 Å². The van der Waals surface area contributed by atoms with E-state index in [-0.39, 0.29) is 12.0 Å². The quantitative estimate of drug-likeness (QED) is 0.766. The zero-order valence-electron chi connectivity index (χ0n) is 16.5. The molecule has 1 aliphatic rings. The molecule has 4 heteroatoms. The maximum atomic E-state index is 10.2. The molecule has 1 heterocycles. The number of rotatable bonds is 8. The first-order valence-corrected chi connectivity index (χ1v) is 9.76. The minimum Gasteiger partial charge on any atom is -0.497 e. The zero-order chi connectivity index (χ0) is 19.1. The second-order valence-electron chi connectivity index (χ2n) is 7.64. The molecule has 0 unspecified atom stereocenters. The van der Waals surface area contributed by atoms with Gasteiger partial charge in [0.15, 0.2) is 0 Å². The van der Waals surface area contributed by atoms with E-state index in [1.54, 1.807) is 14.2 Å². The highest BCUT2D eigenvalue weighted by atomic mass is 16.5. The summed E-state index contributed by atoms with van der Waals surface area (Å²) in [5, 5.41) is 10.2. The molecule has 0 radical (unpaired) electrons. The molecule has 1 fully saturated rings. The van der Waals surface area contributed by atoms with Crippen LogP contribution in [-0.4, -0.2) is 43.9 Å². The van der Waals surface area contributed by atoms with Gasteiger partial charge in [-0.3, -0.25) is 4.90 Å². The van der Waals surface area contributed by atoms with Crippen molar-refractivity contribution in [1.29, 1.82) is 0 Å². The molecule has 1 saturated heterocycles. The number of hydrogen-bond acceptors (Lipinski definition) is 4. The average Bonchev–Trinajstić information content (AvgIpc) is 2.73. The highest BCUT2D eigenvalue weighted by Gasteiger charge is 2.34. The summed E-state index contributed by atoms with van der Waals surface area (Å²) in [5.41, 5.74) is 2.49. The fourth-order valence-corrected chi connectivity index (χ4v) is 4.13. The summed E-state index contributed by atoms with van der Waals surface area (Å²) in [6.07, 6.45) is 4.24. The Morgan fingerprint density at radius 2 is 1.89 bits per heavy atom. The number of methoxy groups -OCH3 is 2. The molecule has 4 nitrogen and oxygen atoms in total. The molecule has 0 aromatic heterocycles. The molecule has 3 rings (SSSR count). The standard InChI is InChI=1S/C23H31NO3/c1-26-21-10-9-20(22(15-21)27-2)16-24-14-6-12-23(17-24,18-25)13-11-19-7-4-3-5-8-19/h3-5,7-10,15,25H,6,11-14,16-18H2,1-2H3/t23-/m1/s1. The molecule has 146 valence electrons. The van der Waals surface area contributed by atoms with E-state index < -0.39 is 0 Å². The van der Waals surface area contributed by atoms with Crippen molar-refractivity contribution in [3.8, 4) is 11.5 Å². The number of nitrogens with zero attached hydrogens (tertiary/aromatic N) is 1. The van der Waals surface area contributed by atoms with Crippen LogP contribution in [0, 0.1) is 5.41 Å². The molecule has 0 spiro atoms. The van der Waals surface area contributed by atoms with Crippen LogP contribution < -0.4 is 9.47 Å². The Balaban J connectivity index is 1.67. The van der Waals surface area contributed by atoms with Crippen molar-refractivity contribution >= 4 is 0 Å². The van der Waals surface area contributed by atoms with Crippen molar-refractivity contribution in [3.63, 3.8) is 0 Å². The Hall–Kier alpha value is -2.04. The largest absolute Gasteiger partial charge is 0.497 e. The lowest BCUT2D eigenvalue weighted by molar-refractivity contribution is 0.0221. The third-order valence-corrected chi connectivity index (χ3v) is 5.75. The number of piperidine rings is 1. The van der Waals surface area contributed by atoms with Crippen molar-refractivity contribution in [2.45, 2.75) is 32.2 Å². The fraction of sp³-hybridized carbons (Fsp3) is 0.478. The summed E-state index contributed by atoms with van der Waals surface area (Å²) in [5.74, 6) is 1.67. The highest BCUT2D eigenvalue weighted by molar-refractivity contribution is 5.40. The van der Waals surface area contributed by atoms with Gasteiger partial charge in [-0.25, -0.2) is 0 Å². The molecule has 2 aromatic rings. The summed E-state index contributed by atoms with van der Waals surface area (Å²) >= 11 is 0. The molecule has 0 saturated carbocycles. The first-order valence-electron chi connectivity index (χ1n) is 9.76. The van der Waals surface area contributed by atoms with Crippen LogP contribution in [0.2, 0.25) is 0 Å². The summed E-state index contributed by atoms with van der Waals surface area (Å²) in [7, 11) is 3.37. The second-order valence-corrected chi connectivity index (χ2v) is 7.64. The lowest BCUT2D eigenvalue weighted by Crippen LogP contribution is -2.45. The van der Waals surface area contributed by atoms with Crippen molar-refractivity contribution in [2.24, 2.45) is 5.41 Å². The molecule has 27 heavy (non-hydrogen) atoms.